The van der Waals surface area contributed by atoms with E-state index >= 15 is 0 Å². The van der Waals surface area contributed by atoms with Crippen LogP contribution in [0.25, 0.3) is 0 Å². The number of methoxy groups -OCH3 is 3. The zero-order valence-corrected chi connectivity index (χ0v) is 20.7. The van der Waals surface area contributed by atoms with Crippen LogP contribution >= 0.6 is 0 Å². The van der Waals surface area contributed by atoms with Crippen molar-refractivity contribution in [3.05, 3.63) is 59.2 Å². The summed E-state index contributed by atoms with van der Waals surface area (Å²) in [4.78, 5) is 14.3. The van der Waals surface area contributed by atoms with Crippen LogP contribution in [0.1, 0.15) is 48.2 Å². The van der Waals surface area contributed by atoms with Crippen LogP contribution in [0, 0.1) is 17.2 Å². The Kier molecular flexibility index (Phi) is 9.74. The molecular formula is C27H36N2O4. The smallest absolute Gasteiger partial charge is 0.337 e. The molecule has 0 aliphatic rings. The molecular weight excluding hydrogens is 416 g/mol. The number of benzene rings is 2. The van der Waals surface area contributed by atoms with Crippen LogP contribution in [0.15, 0.2) is 42.5 Å². The number of nitrogens with zero attached hydrogens (tertiary/aromatic N) is 2. The van der Waals surface area contributed by atoms with E-state index < -0.39 is 5.41 Å². The second-order valence-electron chi connectivity index (χ2n) is 8.66. The Morgan fingerprint density at radius 1 is 1.06 bits per heavy atom. The monoisotopic (exact) mass is 452 g/mol. The van der Waals surface area contributed by atoms with Gasteiger partial charge in [0.25, 0.3) is 0 Å². The molecule has 2 aromatic rings. The quantitative estimate of drug-likeness (QED) is 0.428. The fourth-order valence-electron chi connectivity index (χ4n) is 4.15. The first kappa shape index (κ1) is 26.2. The van der Waals surface area contributed by atoms with Gasteiger partial charge >= 0.3 is 5.97 Å². The first-order chi connectivity index (χ1) is 15.8. The number of carbonyl (C=O) groups excluding carboxylic acids is 1. The molecule has 2 rings (SSSR count). The van der Waals surface area contributed by atoms with Gasteiger partial charge in [-0.1, -0.05) is 32.0 Å². The molecule has 0 bridgehead atoms. The van der Waals surface area contributed by atoms with Gasteiger partial charge in [0.05, 0.1) is 38.4 Å². The van der Waals surface area contributed by atoms with E-state index in [4.69, 9.17) is 14.2 Å². The van der Waals surface area contributed by atoms with Gasteiger partial charge in [0.2, 0.25) is 0 Å². The number of ether oxygens (including phenoxy) is 3. The van der Waals surface area contributed by atoms with Crippen LogP contribution in [0.2, 0.25) is 0 Å². The molecule has 2 aromatic carbocycles. The molecule has 0 spiro atoms. The maximum atomic E-state index is 12.0. The molecule has 1 atom stereocenters. The normalized spacial score (nSPS) is 12.8. The average molecular weight is 453 g/mol. The molecule has 178 valence electrons. The van der Waals surface area contributed by atoms with Gasteiger partial charge in [0.1, 0.15) is 0 Å². The van der Waals surface area contributed by atoms with Crippen molar-refractivity contribution in [1.29, 1.82) is 5.26 Å². The van der Waals surface area contributed by atoms with Crippen molar-refractivity contribution in [2.45, 2.75) is 38.5 Å². The van der Waals surface area contributed by atoms with Gasteiger partial charge < -0.3 is 19.1 Å². The molecule has 0 saturated carbocycles. The van der Waals surface area contributed by atoms with Crippen molar-refractivity contribution in [3.63, 3.8) is 0 Å². The van der Waals surface area contributed by atoms with Gasteiger partial charge in [0.15, 0.2) is 11.5 Å². The van der Waals surface area contributed by atoms with Crippen molar-refractivity contribution in [1.82, 2.24) is 4.90 Å². The number of carbonyl (C=O) groups is 1. The van der Waals surface area contributed by atoms with Gasteiger partial charge in [-0.2, -0.15) is 5.26 Å². The zero-order valence-electron chi connectivity index (χ0n) is 20.7. The Balaban J connectivity index is 2.02. The van der Waals surface area contributed by atoms with Crippen LogP contribution < -0.4 is 9.47 Å². The molecule has 33 heavy (non-hydrogen) atoms. The molecule has 0 unspecified atom stereocenters. The van der Waals surface area contributed by atoms with E-state index in [-0.39, 0.29) is 11.9 Å². The summed E-state index contributed by atoms with van der Waals surface area (Å²) in [6, 6.07) is 15.9. The number of hydrogen-bond acceptors (Lipinski definition) is 6. The molecule has 0 aliphatic heterocycles. The zero-order chi connectivity index (χ0) is 24.4. The molecule has 0 fully saturated rings. The SMILES string of the molecule is COC(=O)c1cccc([C@](C#N)(CCCN(C)CCc2ccc(OC)c(OC)c2)C(C)C)c1. The highest BCUT2D eigenvalue weighted by Crippen LogP contribution is 2.37. The highest BCUT2D eigenvalue weighted by molar-refractivity contribution is 5.89. The van der Waals surface area contributed by atoms with Crippen molar-refractivity contribution in [3.8, 4) is 17.6 Å². The van der Waals surface area contributed by atoms with E-state index in [2.05, 4.69) is 37.9 Å². The van der Waals surface area contributed by atoms with Crippen molar-refractivity contribution < 1.29 is 19.0 Å². The maximum absolute atomic E-state index is 12.0. The van der Waals surface area contributed by atoms with Crippen molar-refractivity contribution in [2.75, 3.05) is 41.5 Å². The summed E-state index contributed by atoms with van der Waals surface area (Å²) in [7, 11) is 6.75. The van der Waals surface area contributed by atoms with Crippen LogP contribution in [0.5, 0.6) is 11.5 Å². The number of hydrogen-bond donors (Lipinski definition) is 0. The molecule has 6 heteroatoms. The third-order valence-electron chi connectivity index (χ3n) is 6.33. The van der Waals surface area contributed by atoms with E-state index in [0.717, 1.165) is 43.0 Å². The molecule has 6 nitrogen and oxygen atoms in total. The Bertz CT molecular complexity index is 967. The number of esters is 1. The first-order valence-corrected chi connectivity index (χ1v) is 11.3. The molecule has 0 saturated heterocycles. The van der Waals surface area contributed by atoms with Crippen LogP contribution in [-0.2, 0) is 16.6 Å². The number of rotatable bonds is 12. The summed E-state index contributed by atoms with van der Waals surface area (Å²) in [5, 5.41) is 10.2. The van der Waals surface area contributed by atoms with Gasteiger partial charge in [-0.05, 0) is 74.2 Å². The van der Waals surface area contributed by atoms with Crippen LogP contribution in [-0.4, -0.2) is 52.3 Å². The molecule has 0 aliphatic carbocycles. The summed E-state index contributed by atoms with van der Waals surface area (Å²) in [6.45, 7) is 5.90. The second kappa shape index (κ2) is 12.3. The Hall–Kier alpha value is -3.04. The second-order valence-corrected chi connectivity index (χ2v) is 8.66. The lowest BCUT2D eigenvalue weighted by Crippen LogP contribution is -2.33. The average Bonchev–Trinajstić information content (AvgIpc) is 2.84. The van der Waals surface area contributed by atoms with Gasteiger partial charge in [-0.15, -0.1) is 0 Å². The van der Waals surface area contributed by atoms with Crippen molar-refractivity contribution >= 4 is 5.97 Å². The summed E-state index contributed by atoms with van der Waals surface area (Å²) >= 11 is 0. The van der Waals surface area contributed by atoms with Crippen LogP contribution in [0.4, 0.5) is 0 Å². The number of likely N-dealkylation sites (N-methyl/N-ethyl adjacent to an activating group) is 1. The summed E-state index contributed by atoms with van der Waals surface area (Å²) < 4.78 is 15.6. The third kappa shape index (κ3) is 6.49. The highest BCUT2D eigenvalue weighted by atomic mass is 16.5. The molecule has 0 aromatic heterocycles. The fourth-order valence-corrected chi connectivity index (χ4v) is 4.15. The molecule has 0 N–H and O–H groups in total. The van der Waals surface area contributed by atoms with Crippen LogP contribution in [0.3, 0.4) is 0 Å². The van der Waals surface area contributed by atoms with Gasteiger partial charge in [-0.3, -0.25) is 0 Å². The predicted molar refractivity (Wildman–Crippen MR) is 130 cm³/mol. The first-order valence-electron chi connectivity index (χ1n) is 11.3. The van der Waals surface area contributed by atoms with Crippen molar-refractivity contribution in [2.24, 2.45) is 5.92 Å². The van der Waals surface area contributed by atoms with Gasteiger partial charge in [0, 0.05) is 6.54 Å². The Labute approximate surface area is 198 Å². The lowest BCUT2D eigenvalue weighted by Gasteiger charge is -2.32. The van der Waals surface area contributed by atoms with E-state index in [1.165, 1.54) is 12.7 Å². The molecule has 0 radical (unpaired) electrons. The van der Waals surface area contributed by atoms with E-state index in [1.807, 2.05) is 24.3 Å². The number of nitriles is 1. The molecule has 0 heterocycles. The summed E-state index contributed by atoms with van der Waals surface area (Å²) in [6.07, 6.45) is 2.48. The topological polar surface area (TPSA) is 71.8 Å². The minimum Gasteiger partial charge on any atom is -0.493 e. The minimum absolute atomic E-state index is 0.104. The largest absolute Gasteiger partial charge is 0.493 e. The van der Waals surface area contributed by atoms with Gasteiger partial charge in [-0.25, -0.2) is 4.79 Å². The molecule has 0 amide bonds. The fraction of sp³-hybridized carbons (Fsp3) is 0.481. The third-order valence-corrected chi connectivity index (χ3v) is 6.33. The highest BCUT2D eigenvalue weighted by Gasteiger charge is 2.36. The summed E-state index contributed by atoms with van der Waals surface area (Å²) in [5.41, 5.74) is 1.87. The Morgan fingerprint density at radius 3 is 2.39 bits per heavy atom. The van der Waals surface area contributed by atoms with E-state index in [0.29, 0.717) is 12.0 Å². The summed E-state index contributed by atoms with van der Waals surface area (Å²) in [5.74, 6) is 1.18. The lowest BCUT2D eigenvalue weighted by atomic mass is 9.69. The Morgan fingerprint density at radius 2 is 1.79 bits per heavy atom. The standard InChI is InChI=1S/C27H36N2O4/c1-20(2)27(19-28,23-10-7-9-22(18-23)26(30)33-6)14-8-15-29(3)16-13-21-11-12-24(31-4)25(17-21)32-5/h7,9-12,17-18,20H,8,13-16H2,1-6H3/t27-/m0/s1. The maximum Gasteiger partial charge on any atom is 0.337 e. The minimum atomic E-state index is -0.659. The van der Waals surface area contributed by atoms with E-state index in [1.54, 1.807) is 26.4 Å². The van der Waals surface area contributed by atoms with E-state index in [9.17, 15) is 10.1 Å². The predicted octanol–water partition coefficient (Wildman–Crippen LogP) is 4.86. The lowest BCUT2D eigenvalue weighted by molar-refractivity contribution is 0.0600.